The van der Waals surface area contributed by atoms with Crippen molar-refractivity contribution in [3.05, 3.63) is 236 Å². The van der Waals surface area contributed by atoms with Crippen LogP contribution in [0.4, 0.5) is 23.3 Å². The number of nitrogens with one attached hydrogen (secondary N) is 7. The van der Waals surface area contributed by atoms with Gasteiger partial charge in [0.15, 0.2) is 58.2 Å². The summed E-state index contributed by atoms with van der Waals surface area (Å²) >= 11 is 0. The Kier molecular flexibility index (Phi) is 26.3. The van der Waals surface area contributed by atoms with Crippen LogP contribution in [0, 0.1) is 5.41 Å². The molecule has 17 aromatic rings. The molecule has 5 aromatic carbocycles. The number of likely N-dealkylation sites (N-methyl/N-ethyl adjacent to an activating group) is 2. The number of hydrogen-bond donors (Lipinski definition) is 7. The van der Waals surface area contributed by atoms with Gasteiger partial charge in [-0.05, 0) is 168 Å². The summed E-state index contributed by atoms with van der Waals surface area (Å²) in [6.45, 7) is 25.7. The SMILES string of the molecule is CC1CN(c2nc(-c3ccc4[nH]ncc4c3)nn3cccc23)CC(C)O1.CCNC(=O)Cc1ccc(-c2nc(N3CCOCC3)c3cccn3n2)cc1.CCNC(=O)Cc1ccc(C(=N)N=C(c2ccc[nH]2)N2CCOC[C@H]2C)cc1.C[C@@H]1COCCN1c1nc(-c2ccc3[nH]ncc3c2)nn2cccc12.c1cc2c(N3CCOCC3)nc(-c3ccc4[nH]ncc4c3)nn2c1. The molecule has 4 atom stereocenters. The van der Waals surface area contributed by atoms with Crippen molar-refractivity contribution in [3.63, 3.8) is 0 Å². The molecule has 5 saturated heterocycles. The summed E-state index contributed by atoms with van der Waals surface area (Å²) in [5, 5.41) is 57.1. The van der Waals surface area contributed by atoms with Gasteiger partial charge >= 0.3 is 0 Å². The second kappa shape index (κ2) is 39.7. The number of amides is 2. The molecule has 5 aliphatic heterocycles. The number of carbonyl (C=O) groups excluding carboxylic acids is 2. The van der Waals surface area contributed by atoms with Gasteiger partial charge in [0.1, 0.15) is 22.1 Å². The number of H-pyrrole nitrogens is 4. The van der Waals surface area contributed by atoms with E-state index in [1.165, 1.54) is 0 Å². The number of amidine groups is 2. The number of benzene rings is 5. The molecule has 130 heavy (non-hydrogen) atoms. The average Bonchev–Trinajstić information content (AvgIpc) is 1.55. The zero-order chi connectivity index (χ0) is 89.0. The van der Waals surface area contributed by atoms with Gasteiger partial charge in [0.2, 0.25) is 11.8 Å². The molecule has 5 fully saturated rings. The van der Waals surface area contributed by atoms with Crippen molar-refractivity contribution in [1.82, 2.24) is 110 Å². The number of anilines is 4. The lowest BCUT2D eigenvalue weighted by atomic mass is 10.1. The Hall–Kier alpha value is -14.7. The first-order valence-electron chi connectivity index (χ1n) is 44.2. The number of carbonyl (C=O) groups is 2. The van der Waals surface area contributed by atoms with Crippen molar-refractivity contribution in [2.75, 3.05) is 138 Å². The lowest BCUT2D eigenvalue weighted by molar-refractivity contribution is -0.121. The summed E-state index contributed by atoms with van der Waals surface area (Å²) in [6, 6.07) is 54.1. The Morgan fingerprint density at radius 1 is 0.446 bits per heavy atom. The molecule has 0 bridgehead atoms. The Labute approximate surface area is 748 Å². The third-order valence-corrected chi connectivity index (χ3v) is 23.2. The number of morpholine rings is 5. The quantitative estimate of drug-likeness (QED) is 0.0349. The topological polar surface area (TPSA) is 379 Å². The van der Waals surface area contributed by atoms with E-state index in [2.05, 4.69) is 144 Å². The standard InChI is InChI=1S/C21H27N5O2.C20H23N5O2.C19H20N6O.C18H18N6O.C17H16N6O/c1-3-23-19(27)13-16-6-8-17(9-7-16)20(22)25-21(18-5-4-10-24-18)26-11-12-28-14-15(26)2;1-2-21-18(26)14-15-5-7-16(8-6-15)19-22-20(24-10-12-27-13-11-24)17-4-3-9-25(17)23-19;1-12-10-24(11-13(2)26-12)19-17-4-3-7-25(17)23-18(21-19)14-5-6-16-15(8-14)9-20-22-16;1-12-11-25-8-7-23(12)18-16-3-2-6-24(16)22-17(20-18)13-4-5-15-14(9-13)10-19-21-15;1-2-15-17(22-6-8-24-9-7-22)19-16(21-23(15)5-1)12-3-4-14-13(10-12)11-18-20-14/h4-10,15,22,24H,3,11-14H2,1-2H3,(H,23,27);3-9H,2,10-14H2,1H3,(H,21,26);3-9,12-13H,10-11H2,1-2H3,(H,20,22);2-6,9-10,12H,7-8,11H2,1H3,(H,19,21);1-5,10-11H,6-9H2,(H,18,20)/t15-;;;12-;/m1..1./s1. The molecule has 12 aromatic heterocycles. The predicted octanol–water partition coefficient (Wildman–Crippen LogP) is 11.6. The van der Waals surface area contributed by atoms with Crippen molar-refractivity contribution in [2.45, 2.75) is 78.7 Å². The lowest BCUT2D eigenvalue weighted by Gasteiger charge is -2.36. The van der Waals surface area contributed by atoms with E-state index in [0.717, 1.165) is 195 Å². The molecule has 5 aliphatic rings. The maximum absolute atomic E-state index is 11.7. The molecule has 7 N–H and O–H groups in total. The van der Waals surface area contributed by atoms with Crippen LogP contribution < -0.4 is 30.2 Å². The number of aliphatic imine (C=N–C) groups is 1. The van der Waals surface area contributed by atoms with E-state index in [1.807, 2.05) is 215 Å². The van der Waals surface area contributed by atoms with Crippen LogP contribution >= 0.6 is 0 Å². The minimum atomic E-state index is -0.00122. The highest BCUT2D eigenvalue weighted by Gasteiger charge is 2.30. The van der Waals surface area contributed by atoms with E-state index in [1.54, 1.807) is 0 Å². The molecule has 17 heterocycles. The Balaban J connectivity index is 0.000000109. The maximum atomic E-state index is 11.7. The van der Waals surface area contributed by atoms with E-state index < -0.39 is 0 Å². The maximum Gasteiger partial charge on any atom is 0.224 e. The van der Waals surface area contributed by atoms with Crippen LogP contribution in [0.5, 0.6) is 0 Å². The fourth-order valence-corrected chi connectivity index (χ4v) is 16.7. The van der Waals surface area contributed by atoms with Crippen molar-refractivity contribution >= 4 is 102 Å². The van der Waals surface area contributed by atoms with Gasteiger partial charge in [-0.2, -0.15) is 15.3 Å². The van der Waals surface area contributed by atoms with Gasteiger partial charge < -0.3 is 63.8 Å². The average molecular weight is 1750 g/mol. The summed E-state index contributed by atoms with van der Waals surface area (Å²) in [5.41, 5.74) is 14.4. The van der Waals surface area contributed by atoms with Gasteiger partial charge in [0.25, 0.3) is 0 Å². The van der Waals surface area contributed by atoms with E-state index >= 15 is 0 Å². The molecular weight excluding hydrogens is 1650 g/mol. The largest absolute Gasteiger partial charge is 0.378 e. The highest BCUT2D eigenvalue weighted by Crippen LogP contribution is 2.33. The second-order valence-electron chi connectivity index (χ2n) is 32.5. The van der Waals surface area contributed by atoms with Crippen LogP contribution in [0.1, 0.15) is 63.9 Å². The number of fused-ring (bicyclic) bond motifs is 7. The van der Waals surface area contributed by atoms with E-state index in [4.69, 9.17) is 59.2 Å². The number of ether oxygens (including phenoxy) is 5. The molecule has 0 radical (unpaired) electrons. The van der Waals surface area contributed by atoms with Crippen molar-refractivity contribution < 1.29 is 33.3 Å². The Morgan fingerprint density at radius 3 is 1.28 bits per heavy atom. The summed E-state index contributed by atoms with van der Waals surface area (Å²) in [6.07, 6.45) is 16.2. The molecule has 2 amide bonds. The second-order valence-corrected chi connectivity index (χ2v) is 32.5. The van der Waals surface area contributed by atoms with Crippen molar-refractivity contribution in [3.8, 4) is 45.6 Å². The summed E-state index contributed by atoms with van der Waals surface area (Å²) in [5.74, 6) is 7.56. The normalized spacial score (nSPS) is 17.3. The van der Waals surface area contributed by atoms with Gasteiger partial charge in [0.05, 0.1) is 131 Å². The minimum Gasteiger partial charge on any atom is -0.378 e. The summed E-state index contributed by atoms with van der Waals surface area (Å²) in [7, 11) is 0. The third-order valence-electron chi connectivity index (χ3n) is 23.2. The van der Waals surface area contributed by atoms with Crippen LogP contribution in [0.15, 0.2) is 218 Å². The fraction of sp³-hybridized carbons (Fsp3) is 0.316. The van der Waals surface area contributed by atoms with Crippen LogP contribution in [-0.2, 0) is 46.1 Å². The van der Waals surface area contributed by atoms with E-state index in [-0.39, 0.29) is 41.9 Å². The Bertz CT molecular complexity index is 6770. The predicted molar refractivity (Wildman–Crippen MR) is 501 cm³/mol. The van der Waals surface area contributed by atoms with Gasteiger partial charge in [-0.1, -0.05) is 48.5 Å². The minimum absolute atomic E-state index is 0.00122. The summed E-state index contributed by atoms with van der Waals surface area (Å²) < 4.78 is 35.5. The van der Waals surface area contributed by atoms with Crippen molar-refractivity contribution in [2.24, 2.45) is 4.99 Å². The fourth-order valence-electron chi connectivity index (χ4n) is 16.7. The molecule has 22 rings (SSSR count). The smallest absolute Gasteiger partial charge is 0.224 e. The molecule has 0 spiro atoms. The Morgan fingerprint density at radius 2 is 0.846 bits per heavy atom. The molecule has 35 nitrogen and oxygen atoms in total. The van der Waals surface area contributed by atoms with E-state index in [0.29, 0.717) is 87.8 Å². The first-order chi connectivity index (χ1) is 63.7. The third kappa shape index (κ3) is 19.7. The molecule has 35 heteroatoms. The van der Waals surface area contributed by atoms with Gasteiger partial charge in [-0.15, -0.1) is 20.4 Å². The summed E-state index contributed by atoms with van der Waals surface area (Å²) in [4.78, 5) is 62.2. The van der Waals surface area contributed by atoms with Crippen LogP contribution in [0.3, 0.4) is 0 Å². The van der Waals surface area contributed by atoms with Crippen LogP contribution in [-0.4, -0.2) is 265 Å². The van der Waals surface area contributed by atoms with Gasteiger partial charge in [0, 0.05) is 140 Å². The lowest BCUT2D eigenvalue weighted by Crippen LogP contribution is -2.47. The highest BCUT2D eigenvalue weighted by molar-refractivity contribution is 6.10. The zero-order valence-corrected chi connectivity index (χ0v) is 73.4. The van der Waals surface area contributed by atoms with Gasteiger partial charge in [-0.25, -0.2) is 43.0 Å². The number of rotatable bonds is 16. The van der Waals surface area contributed by atoms with Crippen molar-refractivity contribution in [1.29, 1.82) is 5.41 Å². The first kappa shape index (κ1) is 86.1. The molecular formula is C95H104N28O7. The van der Waals surface area contributed by atoms with Crippen LogP contribution in [0.25, 0.3) is 100 Å². The van der Waals surface area contributed by atoms with E-state index in [9.17, 15) is 9.59 Å². The zero-order valence-electron chi connectivity index (χ0n) is 73.4. The monoisotopic (exact) mass is 1750 g/mol. The first-order valence-corrected chi connectivity index (χ1v) is 44.2. The molecule has 0 saturated carbocycles. The highest BCUT2D eigenvalue weighted by atomic mass is 16.5. The number of aromatic amines is 4. The molecule has 666 valence electrons. The molecule has 2 unspecified atom stereocenters. The molecule has 0 aliphatic carbocycles. The number of nitrogens with zero attached hydrogens (tertiary/aromatic N) is 21. The van der Waals surface area contributed by atoms with Gasteiger partial charge in [-0.3, -0.25) is 30.3 Å². The van der Waals surface area contributed by atoms with Crippen LogP contribution in [0.2, 0.25) is 0 Å². The number of aromatic nitrogens is 19. The number of hydrogen-bond acceptors (Lipinski definition) is 23.